The van der Waals surface area contributed by atoms with E-state index in [1.807, 2.05) is 72.8 Å². The third kappa shape index (κ3) is 6.79. The molecule has 0 aliphatic rings. The minimum Gasteiger partial charge on any atom is -0.497 e. The number of benzene rings is 3. The van der Waals surface area contributed by atoms with Gasteiger partial charge in [0.05, 0.1) is 20.4 Å². The van der Waals surface area contributed by atoms with Gasteiger partial charge in [0.2, 0.25) is 0 Å². The van der Waals surface area contributed by atoms with Gasteiger partial charge < -0.3 is 19.9 Å². The number of thioether (sulfide) groups is 1. The summed E-state index contributed by atoms with van der Waals surface area (Å²) < 4.78 is 16.8. The predicted molar refractivity (Wildman–Crippen MR) is 127 cm³/mol. The highest BCUT2D eigenvalue weighted by Gasteiger charge is 2.10. The quantitative estimate of drug-likeness (QED) is 0.295. The van der Waals surface area contributed by atoms with Crippen LogP contribution in [0.1, 0.15) is 16.7 Å². The van der Waals surface area contributed by atoms with Gasteiger partial charge in [0.25, 0.3) is 0 Å². The van der Waals surface area contributed by atoms with E-state index in [1.54, 1.807) is 20.4 Å². The Balaban J connectivity index is 1.68. The van der Waals surface area contributed by atoms with E-state index in [0.717, 1.165) is 22.6 Å². The maximum atomic E-state index is 6.05. The zero-order valence-corrected chi connectivity index (χ0v) is 18.3. The fourth-order valence-corrected chi connectivity index (χ4v) is 3.39. The normalized spacial score (nSPS) is 11.5. The first-order valence-corrected chi connectivity index (χ1v) is 10.6. The summed E-state index contributed by atoms with van der Waals surface area (Å²) in [7, 11) is 3.24. The van der Waals surface area contributed by atoms with Crippen molar-refractivity contribution in [3.63, 3.8) is 0 Å². The number of ether oxygens (including phenoxy) is 3. The summed E-state index contributed by atoms with van der Waals surface area (Å²) in [6.45, 7) is 0.358. The van der Waals surface area contributed by atoms with Crippen molar-refractivity contribution in [1.29, 1.82) is 0 Å². The van der Waals surface area contributed by atoms with E-state index in [-0.39, 0.29) is 0 Å². The summed E-state index contributed by atoms with van der Waals surface area (Å²) in [4.78, 5) is 0. The highest BCUT2D eigenvalue weighted by molar-refractivity contribution is 8.13. The van der Waals surface area contributed by atoms with Gasteiger partial charge in [0, 0.05) is 11.3 Å². The molecule has 0 aliphatic carbocycles. The van der Waals surface area contributed by atoms with Gasteiger partial charge in [0.1, 0.15) is 12.4 Å². The second-order valence-corrected chi connectivity index (χ2v) is 7.47. The average molecular weight is 436 g/mol. The fraction of sp³-hybridized carbons (Fsp3) is 0.167. The molecule has 7 heteroatoms. The SMILES string of the molecule is COc1cccc(COc2c(C=NN=C(N)SCc3ccccc3)cccc2OC)c1. The molecular weight excluding hydrogens is 410 g/mol. The molecule has 0 saturated heterocycles. The van der Waals surface area contributed by atoms with Gasteiger partial charge in [-0.25, -0.2) is 0 Å². The summed E-state index contributed by atoms with van der Waals surface area (Å²) in [5, 5.41) is 8.61. The maximum Gasteiger partial charge on any atom is 0.180 e. The van der Waals surface area contributed by atoms with Crippen molar-refractivity contribution in [3.8, 4) is 17.2 Å². The molecule has 6 nitrogen and oxygen atoms in total. The first kappa shape index (κ1) is 22.2. The van der Waals surface area contributed by atoms with Gasteiger partial charge in [0.15, 0.2) is 16.7 Å². The largest absolute Gasteiger partial charge is 0.497 e. The molecule has 31 heavy (non-hydrogen) atoms. The van der Waals surface area contributed by atoms with Crippen molar-refractivity contribution in [3.05, 3.63) is 89.5 Å². The van der Waals surface area contributed by atoms with Gasteiger partial charge in [-0.1, -0.05) is 60.3 Å². The zero-order valence-electron chi connectivity index (χ0n) is 17.5. The maximum absolute atomic E-state index is 6.05. The summed E-state index contributed by atoms with van der Waals surface area (Å²) in [6, 6.07) is 23.4. The van der Waals surface area contributed by atoms with Crippen LogP contribution in [0, 0.1) is 0 Å². The third-order valence-corrected chi connectivity index (χ3v) is 5.18. The Morgan fingerprint density at radius 1 is 0.935 bits per heavy atom. The van der Waals surface area contributed by atoms with Gasteiger partial charge >= 0.3 is 0 Å². The number of rotatable bonds is 9. The van der Waals surface area contributed by atoms with Crippen molar-refractivity contribution in [1.82, 2.24) is 0 Å². The third-order valence-electron chi connectivity index (χ3n) is 4.33. The Morgan fingerprint density at radius 2 is 1.71 bits per heavy atom. The number of hydrogen-bond acceptors (Lipinski definition) is 6. The molecule has 3 aromatic rings. The van der Waals surface area contributed by atoms with Crippen molar-refractivity contribution in [2.45, 2.75) is 12.4 Å². The number of hydrogen-bond donors (Lipinski definition) is 1. The summed E-state index contributed by atoms with van der Waals surface area (Å²) in [6.07, 6.45) is 1.61. The predicted octanol–water partition coefficient (Wildman–Crippen LogP) is 4.86. The Labute approximate surface area is 186 Å². The number of methoxy groups -OCH3 is 2. The molecule has 0 atom stereocenters. The minimum atomic E-state index is 0.358. The Kier molecular flexibility index (Phi) is 8.37. The second-order valence-electron chi connectivity index (χ2n) is 6.48. The van der Waals surface area contributed by atoms with Crippen LogP contribution < -0.4 is 19.9 Å². The van der Waals surface area contributed by atoms with E-state index >= 15 is 0 Å². The van der Waals surface area contributed by atoms with Crippen LogP contribution in [-0.4, -0.2) is 25.6 Å². The average Bonchev–Trinajstić information content (AvgIpc) is 2.82. The molecule has 0 bridgehead atoms. The number of amidine groups is 1. The molecule has 2 N–H and O–H groups in total. The van der Waals surface area contributed by atoms with Crippen molar-refractivity contribution in [2.24, 2.45) is 15.9 Å². The molecular formula is C24H25N3O3S. The lowest BCUT2D eigenvalue weighted by Gasteiger charge is -2.13. The molecule has 0 unspecified atom stereocenters. The second kappa shape index (κ2) is 11.7. The van der Waals surface area contributed by atoms with Gasteiger partial charge in [-0.2, -0.15) is 5.10 Å². The first-order valence-electron chi connectivity index (χ1n) is 9.65. The Bertz CT molecular complexity index is 1040. The summed E-state index contributed by atoms with van der Waals surface area (Å²) in [5.41, 5.74) is 8.87. The topological polar surface area (TPSA) is 78.4 Å². The molecule has 0 heterocycles. The Hall–Kier alpha value is -3.45. The van der Waals surface area contributed by atoms with E-state index in [4.69, 9.17) is 19.9 Å². The summed E-state index contributed by atoms with van der Waals surface area (Å²) in [5.74, 6) is 2.71. The van der Waals surface area contributed by atoms with E-state index in [9.17, 15) is 0 Å². The van der Waals surface area contributed by atoms with Crippen LogP contribution in [0.25, 0.3) is 0 Å². The molecule has 3 aromatic carbocycles. The van der Waals surface area contributed by atoms with Crippen LogP contribution in [0.15, 0.2) is 83.0 Å². The fourth-order valence-electron chi connectivity index (χ4n) is 2.78. The monoisotopic (exact) mass is 435 g/mol. The molecule has 0 radical (unpaired) electrons. The van der Waals surface area contributed by atoms with Crippen molar-refractivity contribution >= 4 is 23.1 Å². The van der Waals surface area contributed by atoms with Gasteiger partial charge in [-0.15, -0.1) is 5.10 Å². The van der Waals surface area contributed by atoms with Crippen LogP contribution in [-0.2, 0) is 12.4 Å². The molecule has 0 fully saturated rings. The first-order chi connectivity index (χ1) is 15.2. The van der Waals surface area contributed by atoms with E-state index in [1.165, 1.54) is 17.3 Å². The zero-order chi connectivity index (χ0) is 21.9. The smallest absolute Gasteiger partial charge is 0.180 e. The van der Waals surface area contributed by atoms with Crippen LogP contribution in [0.5, 0.6) is 17.2 Å². The van der Waals surface area contributed by atoms with E-state index in [2.05, 4.69) is 10.2 Å². The highest BCUT2D eigenvalue weighted by Crippen LogP contribution is 2.31. The van der Waals surface area contributed by atoms with E-state index < -0.39 is 0 Å². The minimum absolute atomic E-state index is 0.358. The molecule has 160 valence electrons. The highest BCUT2D eigenvalue weighted by atomic mass is 32.2. The molecule has 0 spiro atoms. The molecule has 0 aliphatic heterocycles. The molecule has 0 saturated carbocycles. The molecule has 0 aromatic heterocycles. The van der Waals surface area contributed by atoms with Crippen LogP contribution >= 0.6 is 11.8 Å². The molecule has 0 amide bonds. The Morgan fingerprint density at radius 3 is 2.48 bits per heavy atom. The lowest BCUT2D eigenvalue weighted by atomic mass is 10.2. The van der Waals surface area contributed by atoms with Crippen molar-refractivity contribution < 1.29 is 14.2 Å². The number of nitrogens with zero attached hydrogens (tertiary/aromatic N) is 2. The lowest BCUT2D eigenvalue weighted by Crippen LogP contribution is -2.06. The number of nitrogens with two attached hydrogens (primary N) is 1. The number of para-hydroxylation sites is 1. The standard InChI is InChI=1S/C24H25N3O3S/c1-28-21-12-6-10-19(14-21)16-30-23-20(11-7-13-22(23)29-2)15-26-27-24(25)31-17-18-8-4-3-5-9-18/h3-15H,16-17H2,1-2H3,(H2,25,27). The van der Waals surface area contributed by atoms with Gasteiger partial charge in [-0.3, -0.25) is 0 Å². The van der Waals surface area contributed by atoms with Crippen LogP contribution in [0.2, 0.25) is 0 Å². The lowest BCUT2D eigenvalue weighted by molar-refractivity contribution is 0.283. The molecule has 3 rings (SSSR count). The summed E-state index contributed by atoms with van der Waals surface area (Å²) >= 11 is 1.43. The van der Waals surface area contributed by atoms with Crippen LogP contribution in [0.3, 0.4) is 0 Å². The van der Waals surface area contributed by atoms with Crippen LogP contribution in [0.4, 0.5) is 0 Å². The van der Waals surface area contributed by atoms with Gasteiger partial charge in [-0.05, 0) is 35.4 Å². The van der Waals surface area contributed by atoms with Crippen molar-refractivity contribution in [2.75, 3.05) is 14.2 Å². The van der Waals surface area contributed by atoms with E-state index in [0.29, 0.717) is 23.3 Å².